The number of hydrogen-bond donors (Lipinski definition) is 2. The minimum Gasteiger partial charge on any atom is -0.495 e. The smallest absolute Gasteiger partial charge is 0.143 e. The Bertz CT molecular complexity index is 590. The molecule has 2 aromatic rings. The third kappa shape index (κ3) is 3.17. The van der Waals surface area contributed by atoms with Gasteiger partial charge in [0, 0.05) is 16.6 Å². The third-order valence-electron chi connectivity index (χ3n) is 2.76. The molecule has 0 radical (unpaired) electrons. The van der Waals surface area contributed by atoms with Crippen LogP contribution in [0.1, 0.15) is 5.56 Å². The van der Waals surface area contributed by atoms with E-state index in [1.807, 2.05) is 12.1 Å². The van der Waals surface area contributed by atoms with Gasteiger partial charge in [-0.05, 0) is 30.3 Å². The molecule has 0 aliphatic heterocycles. The van der Waals surface area contributed by atoms with Gasteiger partial charge in [-0.3, -0.25) is 0 Å². The summed E-state index contributed by atoms with van der Waals surface area (Å²) < 4.78 is 19.6. The summed E-state index contributed by atoms with van der Waals surface area (Å²) >= 11 is 3.32. The van der Waals surface area contributed by atoms with Crippen LogP contribution in [0.4, 0.5) is 15.8 Å². The SMILES string of the molecule is COc1cccc(NCc2cc(Br)ccc2F)c1N. The quantitative estimate of drug-likeness (QED) is 0.841. The van der Waals surface area contributed by atoms with Crippen molar-refractivity contribution in [2.75, 3.05) is 18.2 Å². The largest absolute Gasteiger partial charge is 0.495 e. The molecule has 5 heteroatoms. The maximum atomic E-state index is 13.6. The molecule has 0 saturated carbocycles. The number of benzene rings is 2. The number of ether oxygens (including phenoxy) is 1. The van der Waals surface area contributed by atoms with Gasteiger partial charge in [-0.2, -0.15) is 0 Å². The van der Waals surface area contributed by atoms with Crippen LogP contribution in [-0.2, 0) is 6.54 Å². The zero-order valence-corrected chi connectivity index (χ0v) is 12.0. The highest BCUT2D eigenvalue weighted by atomic mass is 79.9. The molecule has 0 saturated heterocycles. The fourth-order valence-corrected chi connectivity index (χ4v) is 2.15. The Hall–Kier alpha value is -1.75. The van der Waals surface area contributed by atoms with Crippen LogP contribution < -0.4 is 15.8 Å². The number of halogens is 2. The summed E-state index contributed by atoms with van der Waals surface area (Å²) in [6.07, 6.45) is 0. The predicted molar refractivity (Wildman–Crippen MR) is 78.8 cm³/mol. The predicted octanol–water partition coefficient (Wildman–Crippen LogP) is 3.79. The molecule has 0 bridgehead atoms. The number of nitrogens with two attached hydrogens (primary N) is 1. The van der Waals surface area contributed by atoms with Crippen molar-refractivity contribution in [3.63, 3.8) is 0 Å². The highest BCUT2D eigenvalue weighted by molar-refractivity contribution is 9.10. The number of anilines is 2. The second-order valence-corrected chi connectivity index (χ2v) is 4.93. The Kier molecular flexibility index (Phi) is 4.27. The molecular weight excluding hydrogens is 311 g/mol. The van der Waals surface area contributed by atoms with E-state index in [0.29, 0.717) is 23.5 Å². The number of rotatable bonds is 4. The Balaban J connectivity index is 2.17. The van der Waals surface area contributed by atoms with Gasteiger partial charge in [0.2, 0.25) is 0 Å². The van der Waals surface area contributed by atoms with E-state index in [1.165, 1.54) is 6.07 Å². The molecule has 0 aliphatic carbocycles. The van der Waals surface area contributed by atoms with Crippen molar-refractivity contribution >= 4 is 27.3 Å². The molecule has 3 N–H and O–H groups in total. The standard InChI is InChI=1S/C14H14BrFN2O/c1-19-13-4-2-3-12(14(13)17)18-8-9-7-10(15)5-6-11(9)16/h2-7,18H,8,17H2,1H3. The van der Waals surface area contributed by atoms with Crippen molar-refractivity contribution in [1.82, 2.24) is 0 Å². The van der Waals surface area contributed by atoms with Crippen molar-refractivity contribution in [2.24, 2.45) is 0 Å². The lowest BCUT2D eigenvalue weighted by Crippen LogP contribution is -2.05. The van der Waals surface area contributed by atoms with Crippen molar-refractivity contribution < 1.29 is 9.13 Å². The highest BCUT2D eigenvalue weighted by Gasteiger charge is 2.07. The summed E-state index contributed by atoms with van der Waals surface area (Å²) in [6.45, 7) is 0.350. The molecule has 2 rings (SSSR count). The molecule has 0 amide bonds. The van der Waals surface area contributed by atoms with Gasteiger partial charge in [-0.15, -0.1) is 0 Å². The molecule has 0 spiro atoms. The van der Waals surface area contributed by atoms with Crippen LogP contribution in [0.5, 0.6) is 5.75 Å². The monoisotopic (exact) mass is 324 g/mol. The van der Waals surface area contributed by atoms with Crippen LogP contribution in [0.25, 0.3) is 0 Å². The summed E-state index contributed by atoms with van der Waals surface area (Å²) in [5.41, 5.74) is 7.74. The number of para-hydroxylation sites is 1. The Morgan fingerprint density at radius 3 is 2.84 bits per heavy atom. The highest BCUT2D eigenvalue weighted by Crippen LogP contribution is 2.29. The number of nitrogens with one attached hydrogen (secondary N) is 1. The number of methoxy groups -OCH3 is 1. The summed E-state index contributed by atoms with van der Waals surface area (Å²) in [6, 6.07) is 10.3. The molecule has 0 aliphatic rings. The zero-order valence-electron chi connectivity index (χ0n) is 10.4. The first kappa shape index (κ1) is 13.7. The van der Waals surface area contributed by atoms with Crippen LogP contribution >= 0.6 is 15.9 Å². The first-order chi connectivity index (χ1) is 9.11. The Labute approximate surface area is 119 Å². The number of nitrogen functional groups attached to an aromatic ring is 1. The van der Waals surface area contributed by atoms with Crippen LogP contribution in [0.15, 0.2) is 40.9 Å². The van der Waals surface area contributed by atoms with Crippen molar-refractivity contribution in [2.45, 2.75) is 6.54 Å². The van der Waals surface area contributed by atoms with Crippen LogP contribution in [-0.4, -0.2) is 7.11 Å². The maximum Gasteiger partial charge on any atom is 0.143 e. The van der Waals surface area contributed by atoms with E-state index in [-0.39, 0.29) is 5.82 Å². The van der Waals surface area contributed by atoms with Crippen molar-refractivity contribution in [1.29, 1.82) is 0 Å². The molecule has 19 heavy (non-hydrogen) atoms. The average molecular weight is 325 g/mol. The molecule has 0 atom stereocenters. The van der Waals surface area contributed by atoms with Crippen LogP contribution in [0.3, 0.4) is 0 Å². The second-order valence-electron chi connectivity index (χ2n) is 4.01. The van der Waals surface area contributed by atoms with E-state index in [9.17, 15) is 4.39 Å². The minimum atomic E-state index is -0.253. The molecular formula is C14H14BrFN2O. The summed E-state index contributed by atoms with van der Waals surface area (Å²) in [5, 5.41) is 3.11. The average Bonchev–Trinajstić information content (AvgIpc) is 2.41. The van der Waals surface area contributed by atoms with Crippen molar-refractivity contribution in [3.05, 3.63) is 52.3 Å². The van der Waals surface area contributed by atoms with Gasteiger partial charge in [0.15, 0.2) is 0 Å². The molecule has 3 nitrogen and oxygen atoms in total. The molecule has 100 valence electrons. The lowest BCUT2D eigenvalue weighted by atomic mass is 10.2. The van der Waals surface area contributed by atoms with Crippen molar-refractivity contribution in [3.8, 4) is 5.75 Å². The van der Waals surface area contributed by atoms with E-state index in [2.05, 4.69) is 21.2 Å². The molecule has 2 aromatic carbocycles. The fraction of sp³-hybridized carbons (Fsp3) is 0.143. The van der Waals surface area contributed by atoms with Gasteiger partial charge in [-0.25, -0.2) is 4.39 Å². The molecule has 0 heterocycles. The zero-order chi connectivity index (χ0) is 13.8. The topological polar surface area (TPSA) is 47.3 Å². The normalized spacial score (nSPS) is 10.3. The Morgan fingerprint density at radius 1 is 1.32 bits per heavy atom. The summed E-state index contributed by atoms with van der Waals surface area (Å²) in [5.74, 6) is 0.344. The van der Waals surface area contributed by atoms with Crippen LogP contribution in [0.2, 0.25) is 0 Å². The third-order valence-corrected chi connectivity index (χ3v) is 3.26. The first-order valence-electron chi connectivity index (χ1n) is 5.72. The first-order valence-corrected chi connectivity index (χ1v) is 6.51. The minimum absolute atomic E-state index is 0.253. The Morgan fingerprint density at radius 2 is 2.11 bits per heavy atom. The fourth-order valence-electron chi connectivity index (χ4n) is 1.75. The van der Waals surface area contributed by atoms with E-state index < -0.39 is 0 Å². The lowest BCUT2D eigenvalue weighted by molar-refractivity contribution is 0.417. The number of hydrogen-bond acceptors (Lipinski definition) is 3. The van der Waals surface area contributed by atoms with Gasteiger partial charge >= 0.3 is 0 Å². The van der Waals surface area contributed by atoms with E-state index in [0.717, 1.165) is 10.2 Å². The molecule has 0 aromatic heterocycles. The summed E-state index contributed by atoms with van der Waals surface area (Å²) in [7, 11) is 1.56. The van der Waals surface area contributed by atoms with Gasteiger partial charge in [0.25, 0.3) is 0 Å². The van der Waals surface area contributed by atoms with E-state index in [4.69, 9.17) is 10.5 Å². The maximum absolute atomic E-state index is 13.6. The lowest BCUT2D eigenvalue weighted by Gasteiger charge is -2.12. The van der Waals surface area contributed by atoms with E-state index >= 15 is 0 Å². The van der Waals surface area contributed by atoms with Gasteiger partial charge in [-0.1, -0.05) is 22.0 Å². The van der Waals surface area contributed by atoms with Gasteiger partial charge in [0.1, 0.15) is 11.6 Å². The van der Waals surface area contributed by atoms with Gasteiger partial charge in [0.05, 0.1) is 18.5 Å². The van der Waals surface area contributed by atoms with E-state index in [1.54, 1.807) is 25.3 Å². The molecule has 0 fully saturated rings. The van der Waals surface area contributed by atoms with Crippen LogP contribution in [0, 0.1) is 5.82 Å². The second kappa shape index (κ2) is 5.93. The van der Waals surface area contributed by atoms with Gasteiger partial charge < -0.3 is 15.8 Å². The summed E-state index contributed by atoms with van der Waals surface area (Å²) in [4.78, 5) is 0. The molecule has 0 unspecified atom stereocenters.